The molecule has 23 heavy (non-hydrogen) atoms. The number of thioether (sulfide) groups is 1. The number of aromatic nitrogens is 4. The first-order valence-corrected chi connectivity index (χ1v) is 9.20. The quantitative estimate of drug-likeness (QED) is 0.873. The van der Waals surface area contributed by atoms with Crippen LogP contribution in [-0.4, -0.2) is 32.4 Å². The first kappa shape index (κ1) is 14.7. The van der Waals surface area contributed by atoms with E-state index in [0.717, 1.165) is 28.9 Å². The smallest absolute Gasteiger partial charge is 0.227 e. The van der Waals surface area contributed by atoms with Gasteiger partial charge in [-0.15, -0.1) is 5.10 Å². The summed E-state index contributed by atoms with van der Waals surface area (Å²) in [5.41, 5.74) is 1.66. The third-order valence-corrected chi connectivity index (χ3v) is 5.68. The number of fused-ring (bicyclic) bond motifs is 2. The van der Waals surface area contributed by atoms with Crippen LogP contribution in [0.4, 0.5) is 5.69 Å². The molecule has 0 saturated heterocycles. The molecule has 1 amide bonds. The van der Waals surface area contributed by atoms with Gasteiger partial charge in [0.1, 0.15) is 0 Å². The van der Waals surface area contributed by atoms with E-state index in [1.165, 1.54) is 31.0 Å². The molecule has 2 aliphatic rings. The van der Waals surface area contributed by atoms with Crippen LogP contribution in [0, 0.1) is 17.8 Å². The molecule has 0 radical (unpaired) electrons. The summed E-state index contributed by atoms with van der Waals surface area (Å²) in [6.07, 6.45) is 6.74. The number of nitrogens with one attached hydrogen (secondary N) is 1. The number of amides is 1. The van der Waals surface area contributed by atoms with Crippen molar-refractivity contribution in [3.63, 3.8) is 0 Å². The van der Waals surface area contributed by atoms with E-state index in [4.69, 9.17) is 0 Å². The number of hydrogen-bond donors (Lipinski definition) is 1. The van der Waals surface area contributed by atoms with Gasteiger partial charge in [0.15, 0.2) is 0 Å². The molecule has 2 bridgehead atoms. The lowest BCUT2D eigenvalue weighted by molar-refractivity contribution is -0.121. The molecule has 2 aromatic rings. The Labute approximate surface area is 139 Å². The Balaban J connectivity index is 1.51. The van der Waals surface area contributed by atoms with Crippen LogP contribution in [0.2, 0.25) is 0 Å². The monoisotopic (exact) mass is 329 g/mol. The molecule has 1 heterocycles. The minimum Gasteiger partial charge on any atom is -0.326 e. The van der Waals surface area contributed by atoms with Crippen LogP contribution in [-0.2, 0) is 4.79 Å². The highest BCUT2D eigenvalue weighted by Gasteiger charge is 2.42. The Morgan fingerprint density at radius 2 is 2.26 bits per heavy atom. The van der Waals surface area contributed by atoms with E-state index in [9.17, 15) is 4.79 Å². The van der Waals surface area contributed by atoms with Gasteiger partial charge in [0.25, 0.3) is 0 Å². The zero-order chi connectivity index (χ0) is 15.8. The second kappa shape index (κ2) is 5.96. The minimum absolute atomic E-state index is 0.163. The van der Waals surface area contributed by atoms with E-state index in [1.807, 2.05) is 30.5 Å². The number of rotatable bonds is 4. The summed E-state index contributed by atoms with van der Waals surface area (Å²) in [6.45, 7) is 0. The Bertz CT molecular complexity index is 731. The van der Waals surface area contributed by atoms with Gasteiger partial charge in [0.2, 0.25) is 11.1 Å². The molecule has 1 N–H and O–H groups in total. The van der Waals surface area contributed by atoms with Gasteiger partial charge < -0.3 is 5.32 Å². The number of hydrogen-bond acceptors (Lipinski definition) is 5. The summed E-state index contributed by atoms with van der Waals surface area (Å²) >= 11 is 1.48. The molecular formula is C16H19N5OS. The van der Waals surface area contributed by atoms with Gasteiger partial charge in [-0.1, -0.05) is 24.2 Å². The number of tetrazole rings is 1. The van der Waals surface area contributed by atoms with Crippen molar-refractivity contribution in [2.75, 3.05) is 11.6 Å². The van der Waals surface area contributed by atoms with Crippen LogP contribution in [0.25, 0.3) is 5.69 Å². The fraction of sp³-hybridized carbons (Fsp3) is 0.500. The third kappa shape index (κ3) is 2.73. The molecule has 1 aromatic carbocycles. The van der Waals surface area contributed by atoms with Crippen molar-refractivity contribution >= 4 is 23.4 Å². The SMILES string of the molecule is CSc1nnnn1-c1cccc(NC(=O)[C@@H]2C[C@H]3CC[C@@H]2C3)c1. The topological polar surface area (TPSA) is 72.7 Å². The average Bonchev–Trinajstić information content (AvgIpc) is 3.30. The molecule has 0 unspecified atom stereocenters. The van der Waals surface area contributed by atoms with Crippen molar-refractivity contribution < 1.29 is 4.79 Å². The predicted octanol–water partition coefficient (Wildman–Crippen LogP) is 2.76. The molecule has 1 aromatic heterocycles. The molecule has 2 aliphatic carbocycles. The highest BCUT2D eigenvalue weighted by Crippen LogP contribution is 2.48. The summed E-state index contributed by atoms with van der Waals surface area (Å²) in [4.78, 5) is 12.6. The van der Waals surface area contributed by atoms with E-state index < -0.39 is 0 Å². The molecule has 3 atom stereocenters. The van der Waals surface area contributed by atoms with Crippen LogP contribution in [0.3, 0.4) is 0 Å². The summed E-state index contributed by atoms with van der Waals surface area (Å²) < 4.78 is 1.68. The van der Waals surface area contributed by atoms with Crippen molar-refractivity contribution in [1.29, 1.82) is 0 Å². The van der Waals surface area contributed by atoms with Crippen molar-refractivity contribution in [2.24, 2.45) is 17.8 Å². The Morgan fingerprint density at radius 1 is 1.35 bits per heavy atom. The number of anilines is 1. The molecule has 0 aliphatic heterocycles. The Kier molecular flexibility index (Phi) is 3.80. The number of nitrogens with zero attached hydrogens (tertiary/aromatic N) is 4. The summed E-state index contributed by atoms with van der Waals surface area (Å²) in [6, 6.07) is 7.68. The fourth-order valence-electron chi connectivity index (χ4n) is 3.98. The fourth-order valence-corrected chi connectivity index (χ4v) is 4.42. The Hall–Kier alpha value is -1.89. The van der Waals surface area contributed by atoms with Crippen LogP contribution in [0.1, 0.15) is 25.7 Å². The molecule has 120 valence electrons. The first-order valence-electron chi connectivity index (χ1n) is 7.98. The van der Waals surface area contributed by atoms with E-state index in [0.29, 0.717) is 5.92 Å². The maximum Gasteiger partial charge on any atom is 0.227 e. The second-order valence-electron chi connectivity index (χ2n) is 6.40. The van der Waals surface area contributed by atoms with Gasteiger partial charge in [0, 0.05) is 11.6 Å². The highest BCUT2D eigenvalue weighted by atomic mass is 32.2. The van der Waals surface area contributed by atoms with Gasteiger partial charge in [0.05, 0.1) is 5.69 Å². The molecule has 2 fully saturated rings. The van der Waals surface area contributed by atoms with E-state index in [1.54, 1.807) is 4.68 Å². The molecule has 4 rings (SSSR count). The Morgan fingerprint density at radius 3 is 3.00 bits per heavy atom. The summed E-state index contributed by atoms with van der Waals surface area (Å²) in [7, 11) is 0. The molecule has 7 heteroatoms. The average molecular weight is 329 g/mol. The molecule has 2 saturated carbocycles. The van der Waals surface area contributed by atoms with Crippen LogP contribution >= 0.6 is 11.8 Å². The first-order chi connectivity index (χ1) is 11.2. The van der Waals surface area contributed by atoms with Crippen molar-refractivity contribution in [3.05, 3.63) is 24.3 Å². The third-order valence-electron chi connectivity index (χ3n) is 5.06. The molecular weight excluding hydrogens is 310 g/mol. The van der Waals surface area contributed by atoms with Crippen LogP contribution in [0.5, 0.6) is 0 Å². The van der Waals surface area contributed by atoms with Crippen molar-refractivity contribution in [3.8, 4) is 5.69 Å². The maximum atomic E-state index is 12.6. The summed E-state index contributed by atoms with van der Waals surface area (Å²) in [5.74, 6) is 1.71. The normalized spacial score (nSPS) is 25.7. The largest absolute Gasteiger partial charge is 0.326 e. The van der Waals surface area contributed by atoms with Gasteiger partial charge in [-0.05, 0) is 66.0 Å². The highest BCUT2D eigenvalue weighted by molar-refractivity contribution is 7.98. The minimum atomic E-state index is 0.163. The lowest BCUT2D eigenvalue weighted by Gasteiger charge is -2.20. The van der Waals surface area contributed by atoms with Crippen LogP contribution < -0.4 is 5.32 Å². The summed E-state index contributed by atoms with van der Waals surface area (Å²) in [5, 5.41) is 15.5. The zero-order valence-electron chi connectivity index (χ0n) is 13.0. The number of benzene rings is 1. The van der Waals surface area contributed by atoms with Crippen LogP contribution in [0.15, 0.2) is 29.4 Å². The van der Waals surface area contributed by atoms with E-state index >= 15 is 0 Å². The van der Waals surface area contributed by atoms with E-state index in [2.05, 4.69) is 20.8 Å². The van der Waals surface area contributed by atoms with Gasteiger partial charge in [-0.3, -0.25) is 4.79 Å². The van der Waals surface area contributed by atoms with Gasteiger partial charge in [-0.25, -0.2) is 0 Å². The predicted molar refractivity (Wildman–Crippen MR) is 88.5 cm³/mol. The van der Waals surface area contributed by atoms with Crippen molar-refractivity contribution in [2.45, 2.75) is 30.8 Å². The standard InChI is InChI=1S/C16H19N5OS/c1-23-16-18-19-20-21(16)13-4-2-3-12(9-13)17-15(22)14-8-10-5-6-11(14)7-10/h2-4,9-11,14H,5-8H2,1H3,(H,17,22)/t10-,11+,14+/m0/s1. The van der Waals surface area contributed by atoms with Crippen molar-refractivity contribution in [1.82, 2.24) is 20.2 Å². The van der Waals surface area contributed by atoms with Gasteiger partial charge >= 0.3 is 0 Å². The lowest BCUT2D eigenvalue weighted by Crippen LogP contribution is -2.27. The second-order valence-corrected chi connectivity index (χ2v) is 7.17. The maximum absolute atomic E-state index is 12.6. The molecule has 0 spiro atoms. The van der Waals surface area contributed by atoms with E-state index in [-0.39, 0.29) is 11.8 Å². The number of carbonyl (C=O) groups excluding carboxylic acids is 1. The van der Waals surface area contributed by atoms with Gasteiger partial charge in [-0.2, -0.15) is 4.68 Å². The number of carbonyl (C=O) groups is 1. The lowest BCUT2D eigenvalue weighted by atomic mass is 9.88. The zero-order valence-corrected chi connectivity index (χ0v) is 13.8. The molecule has 6 nitrogen and oxygen atoms in total.